The Morgan fingerprint density at radius 1 is 0.368 bits per heavy atom. The van der Waals surface area contributed by atoms with Crippen molar-refractivity contribution in [1.29, 1.82) is 0 Å². The van der Waals surface area contributed by atoms with Crippen molar-refractivity contribution in [1.82, 2.24) is 0 Å². The minimum Gasteiger partial charge on any atom is -0.507 e. The Morgan fingerprint density at radius 2 is 0.579 bits per heavy atom. The zero-order chi connectivity index (χ0) is 53.4. The molecule has 0 spiro atoms. The molecule has 8 heteroatoms. The molecule has 0 unspecified atom stereocenters. The number of phenols is 2. The van der Waals surface area contributed by atoms with Crippen LogP contribution in [0.2, 0.25) is 0 Å². The predicted molar refractivity (Wildman–Crippen MR) is 304 cm³/mol. The normalized spacial score (nSPS) is 16.6. The Bertz CT molecular complexity index is 2870. The zero-order valence-electron chi connectivity index (χ0n) is 44.4. The van der Waals surface area contributed by atoms with Crippen LogP contribution in [0.15, 0.2) is 194 Å². The van der Waals surface area contributed by atoms with E-state index in [-0.39, 0.29) is 74.1 Å². The number of aromatic hydroxyl groups is 2. The molecule has 388 valence electrons. The van der Waals surface area contributed by atoms with E-state index in [2.05, 4.69) is 97.1 Å². The van der Waals surface area contributed by atoms with Crippen molar-refractivity contribution in [3.05, 3.63) is 261 Å². The largest absolute Gasteiger partial charge is 0.507 e. The first-order chi connectivity index (χ1) is 36.5. The third-order valence-electron chi connectivity index (χ3n) is 13.6. The predicted octanol–water partition coefficient (Wildman–Crippen LogP) is 14.3. The van der Waals surface area contributed by atoms with E-state index >= 15 is 0 Å². The van der Waals surface area contributed by atoms with Gasteiger partial charge in [-0.15, -0.1) is 0 Å². The second-order valence-corrected chi connectivity index (χ2v) is 21.9. The highest BCUT2D eigenvalue weighted by atomic mass is 16.6. The lowest BCUT2D eigenvalue weighted by atomic mass is 9.84. The van der Waals surface area contributed by atoms with E-state index in [1.807, 2.05) is 139 Å². The number of phenolic OH excluding ortho intramolecular Hbond substituents is 2. The van der Waals surface area contributed by atoms with Crippen molar-refractivity contribution in [2.75, 3.05) is 13.2 Å². The summed E-state index contributed by atoms with van der Waals surface area (Å²) < 4.78 is 25.0. The van der Waals surface area contributed by atoms with Gasteiger partial charge in [0.15, 0.2) is 13.2 Å². The summed E-state index contributed by atoms with van der Waals surface area (Å²) >= 11 is 0. The van der Waals surface area contributed by atoms with Gasteiger partial charge in [-0.25, -0.2) is 9.59 Å². The standard InChI is InChI=1S/C68H68O8/c1-67(2,3)75-61(69)43-73-65-57-35-51(47-27-19-11-12-20-28-47)36-58(65)40-54-32-50(46-25-17-9-10-18-26-46)34-56(64(54)72)42-60-38-52(48-29-21-13-14-22-30-48)37-59(66(60)74-44-62(70)76-68(4,5)6)41-55-33-49(31-53(39-57)63(55)71)45-23-15-7-8-16-24-45/h7-38,45-48,71-72H,39-44H2,1-6H3. The van der Waals surface area contributed by atoms with Gasteiger partial charge in [0.05, 0.1) is 0 Å². The zero-order valence-corrected chi connectivity index (χ0v) is 44.4. The molecule has 5 aliphatic rings. The molecule has 76 heavy (non-hydrogen) atoms. The van der Waals surface area contributed by atoms with Crippen LogP contribution in [0.25, 0.3) is 0 Å². The second kappa shape index (κ2) is 23.2. The van der Waals surface area contributed by atoms with Crippen LogP contribution in [0.1, 0.15) is 132 Å². The summed E-state index contributed by atoms with van der Waals surface area (Å²) in [6.45, 7) is 10.2. The van der Waals surface area contributed by atoms with Gasteiger partial charge in [-0.1, -0.05) is 194 Å². The van der Waals surface area contributed by atoms with Crippen molar-refractivity contribution < 1.29 is 38.7 Å². The lowest BCUT2D eigenvalue weighted by molar-refractivity contribution is -0.158. The quantitative estimate of drug-likeness (QED) is 0.133. The maximum atomic E-state index is 13.6. The molecule has 9 rings (SSSR count). The van der Waals surface area contributed by atoms with Crippen LogP contribution >= 0.6 is 0 Å². The smallest absolute Gasteiger partial charge is 0.344 e. The van der Waals surface area contributed by atoms with Gasteiger partial charge >= 0.3 is 11.9 Å². The average molecular weight is 1010 g/mol. The minimum absolute atomic E-state index is 0.106. The van der Waals surface area contributed by atoms with Crippen molar-refractivity contribution in [3.63, 3.8) is 0 Å². The molecule has 2 N–H and O–H groups in total. The molecule has 4 aromatic carbocycles. The van der Waals surface area contributed by atoms with E-state index in [1.54, 1.807) is 0 Å². The minimum atomic E-state index is -0.745. The Hall–Kier alpha value is -8.10. The number of benzene rings is 4. The van der Waals surface area contributed by atoms with Crippen LogP contribution in [-0.4, -0.2) is 46.6 Å². The Balaban J connectivity index is 1.33. The Morgan fingerprint density at radius 3 is 0.789 bits per heavy atom. The molecule has 8 bridgehead atoms. The summed E-state index contributed by atoms with van der Waals surface area (Å²) in [5.74, 6) is -0.397. The van der Waals surface area contributed by atoms with E-state index < -0.39 is 23.1 Å². The maximum absolute atomic E-state index is 13.6. The second-order valence-electron chi connectivity index (χ2n) is 21.9. The molecule has 4 aromatic rings. The number of ether oxygens (including phenoxy) is 4. The SMILES string of the molecule is CC(C)(C)OC(=O)COc1c2cc(C3C=CC=CC=C3)cc1Cc1cc(C3C=CC=CC=C3)cc(c1O)Cc1cc(C3C=CC=CC=C3)cc(c1OCC(=O)OC(C)(C)C)Cc1cc(C3C=CC=CC=C3)cc(c1O)C2. The molecule has 8 nitrogen and oxygen atoms in total. The highest BCUT2D eigenvalue weighted by Crippen LogP contribution is 2.43. The molecule has 0 aromatic heterocycles. The molecular formula is C68H68O8. The van der Waals surface area contributed by atoms with Crippen LogP contribution in [0.4, 0.5) is 0 Å². The molecule has 0 radical (unpaired) electrons. The van der Waals surface area contributed by atoms with Gasteiger partial charge in [-0.2, -0.15) is 0 Å². The van der Waals surface area contributed by atoms with E-state index in [4.69, 9.17) is 18.9 Å². The molecular weight excluding hydrogens is 945 g/mol. The van der Waals surface area contributed by atoms with Crippen LogP contribution < -0.4 is 9.47 Å². The molecule has 0 atom stereocenters. The molecule has 0 fully saturated rings. The van der Waals surface area contributed by atoms with Crippen LogP contribution in [0.3, 0.4) is 0 Å². The van der Waals surface area contributed by atoms with Gasteiger partial charge in [-0.3, -0.25) is 0 Å². The van der Waals surface area contributed by atoms with Gasteiger partial charge in [0.2, 0.25) is 0 Å². The summed E-state index contributed by atoms with van der Waals surface area (Å²) in [6.07, 6.45) is 50.3. The first kappa shape index (κ1) is 52.8. The summed E-state index contributed by atoms with van der Waals surface area (Å²) in [7, 11) is 0. The maximum Gasteiger partial charge on any atom is 0.344 e. The van der Waals surface area contributed by atoms with Crippen molar-refractivity contribution in [2.45, 2.75) is 102 Å². The first-order valence-electron chi connectivity index (χ1n) is 26.3. The summed E-state index contributed by atoms with van der Waals surface area (Å²) in [4.78, 5) is 27.2. The van der Waals surface area contributed by atoms with E-state index in [1.165, 1.54) is 0 Å². The molecule has 0 saturated heterocycles. The number of hydrogen-bond acceptors (Lipinski definition) is 8. The van der Waals surface area contributed by atoms with Crippen LogP contribution in [0.5, 0.6) is 23.0 Å². The average Bonchev–Trinajstić information content (AvgIpc) is 4.01. The van der Waals surface area contributed by atoms with Gasteiger partial charge in [0.25, 0.3) is 0 Å². The molecule has 0 saturated carbocycles. The Labute approximate surface area is 448 Å². The number of fused-ring (bicyclic) bond motifs is 8. The fourth-order valence-corrected chi connectivity index (χ4v) is 10.3. The number of carbonyl (C=O) groups is 2. The highest BCUT2D eigenvalue weighted by molar-refractivity contribution is 5.73. The third-order valence-corrected chi connectivity index (χ3v) is 13.6. The van der Waals surface area contributed by atoms with Crippen molar-refractivity contribution in [3.8, 4) is 23.0 Å². The van der Waals surface area contributed by atoms with Crippen LogP contribution in [-0.2, 0) is 44.7 Å². The number of allylic oxidation sites excluding steroid dienone is 24. The van der Waals surface area contributed by atoms with E-state index in [0.717, 1.165) is 44.5 Å². The lowest BCUT2D eigenvalue weighted by Crippen LogP contribution is -2.27. The van der Waals surface area contributed by atoms with Gasteiger partial charge in [0.1, 0.15) is 34.2 Å². The first-order valence-corrected chi connectivity index (χ1v) is 26.3. The summed E-state index contributed by atoms with van der Waals surface area (Å²) in [5, 5.41) is 25.8. The van der Waals surface area contributed by atoms with Crippen molar-refractivity contribution in [2.24, 2.45) is 0 Å². The van der Waals surface area contributed by atoms with E-state index in [0.29, 0.717) is 33.8 Å². The topological polar surface area (TPSA) is 112 Å². The van der Waals surface area contributed by atoms with Crippen molar-refractivity contribution >= 4 is 11.9 Å². The Kier molecular flexibility index (Phi) is 16.1. The number of esters is 2. The molecule has 0 aliphatic heterocycles. The summed E-state index contributed by atoms with van der Waals surface area (Å²) in [6, 6.07) is 16.7. The molecule has 5 aliphatic carbocycles. The molecule has 0 amide bonds. The molecule has 0 heterocycles. The number of hydrogen-bond donors (Lipinski definition) is 2. The summed E-state index contributed by atoms with van der Waals surface area (Å²) in [5.41, 5.74) is 7.99. The van der Waals surface area contributed by atoms with Gasteiger partial charge in [-0.05, 0) is 108 Å². The monoisotopic (exact) mass is 1010 g/mol. The number of carbonyl (C=O) groups excluding carboxylic acids is 2. The lowest BCUT2D eigenvalue weighted by Gasteiger charge is -2.25. The van der Waals surface area contributed by atoms with Gasteiger partial charge < -0.3 is 29.2 Å². The fourth-order valence-electron chi connectivity index (χ4n) is 10.3. The van der Waals surface area contributed by atoms with Gasteiger partial charge in [0, 0.05) is 49.4 Å². The fraction of sp³-hybridized carbons (Fsp3) is 0.265. The number of rotatable bonds is 10. The highest BCUT2D eigenvalue weighted by Gasteiger charge is 2.28. The third kappa shape index (κ3) is 13.4. The van der Waals surface area contributed by atoms with Crippen LogP contribution in [0, 0.1) is 0 Å². The van der Waals surface area contributed by atoms with E-state index in [9.17, 15) is 19.8 Å².